The van der Waals surface area contributed by atoms with E-state index in [4.69, 9.17) is 0 Å². The molecule has 1 aromatic carbocycles. The predicted octanol–water partition coefficient (Wildman–Crippen LogP) is 1.97. The van der Waals surface area contributed by atoms with Gasteiger partial charge >= 0.3 is 0 Å². The van der Waals surface area contributed by atoms with Gasteiger partial charge in [0.1, 0.15) is 0 Å². The standard InChI is InChI=1S/C17H20N4O2/c1-3-12-6-4-5-7-14(12)21-11-13(10-16(21)22)17(23)18-15-8-9-20(2)19-15/h4-9,13H,3,10-11H2,1-2H3,(H,18,19,23)/t13-/m0/s1. The average Bonchev–Trinajstić information content (AvgIpc) is 3.13. The van der Waals surface area contributed by atoms with E-state index in [9.17, 15) is 9.59 Å². The van der Waals surface area contributed by atoms with Crippen LogP contribution in [0.25, 0.3) is 0 Å². The van der Waals surface area contributed by atoms with Crippen molar-refractivity contribution in [1.82, 2.24) is 9.78 Å². The molecule has 1 saturated heterocycles. The molecule has 6 nitrogen and oxygen atoms in total. The molecule has 1 aromatic heterocycles. The third-order valence-electron chi connectivity index (χ3n) is 4.12. The zero-order valence-corrected chi connectivity index (χ0v) is 13.3. The minimum absolute atomic E-state index is 0.00734. The first-order chi connectivity index (χ1) is 11.1. The third kappa shape index (κ3) is 3.11. The zero-order chi connectivity index (χ0) is 16.4. The number of nitrogens with one attached hydrogen (secondary N) is 1. The van der Waals surface area contributed by atoms with Crippen molar-refractivity contribution in [2.24, 2.45) is 13.0 Å². The Bertz CT molecular complexity index is 738. The van der Waals surface area contributed by atoms with Crippen molar-refractivity contribution >= 4 is 23.3 Å². The lowest BCUT2D eigenvalue weighted by molar-refractivity contribution is -0.122. The largest absolute Gasteiger partial charge is 0.311 e. The van der Waals surface area contributed by atoms with Gasteiger partial charge in [0, 0.05) is 38.0 Å². The molecule has 3 rings (SSSR count). The normalized spacial score (nSPS) is 17.6. The summed E-state index contributed by atoms with van der Waals surface area (Å²) in [5.41, 5.74) is 2.03. The number of aryl methyl sites for hydroxylation is 2. The number of hydrogen-bond donors (Lipinski definition) is 1. The number of carbonyl (C=O) groups is 2. The van der Waals surface area contributed by atoms with Crippen molar-refractivity contribution in [3.05, 3.63) is 42.1 Å². The lowest BCUT2D eigenvalue weighted by atomic mass is 10.1. The van der Waals surface area contributed by atoms with Crippen LogP contribution < -0.4 is 10.2 Å². The summed E-state index contributed by atoms with van der Waals surface area (Å²) in [5.74, 6) is -0.00706. The van der Waals surface area contributed by atoms with Crippen molar-refractivity contribution < 1.29 is 9.59 Å². The molecule has 0 unspecified atom stereocenters. The van der Waals surface area contributed by atoms with E-state index in [2.05, 4.69) is 17.3 Å². The number of rotatable bonds is 4. The second kappa shape index (κ2) is 6.24. The van der Waals surface area contributed by atoms with Crippen LogP contribution in [-0.2, 0) is 23.1 Å². The van der Waals surface area contributed by atoms with Gasteiger partial charge in [-0.3, -0.25) is 14.3 Å². The van der Waals surface area contributed by atoms with Gasteiger partial charge in [-0.2, -0.15) is 5.10 Å². The number of anilines is 2. The molecule has 1 N–H and O–H groups in total. The SMILES string of the molecule is CCc1ccccc1N1C[C@@H](C(=O)Nc2ccn(C)n2)CC1=O. The maximum atomic E-state index is 12.4. The molecule has 0 spiro atoms. The fourth-order valence-corrected chi connectivity index (χ4v) is 2.90. The van der Waals surface area contributed by atoms with E-state index in [1.54, 1.807) is 28.9 Å². The van der Waals surface area contributed by atoms with Gasteiger partial charge in [0.05, 0.1) is 5.92 Å². The quantitative estimate of drug-likeness (QED) is 0.938. The number of amides is 2. The van der Waals surface area contributed by atoms with Crippen molar-refractivity contribution in [3.63, 3.8) is 0 Å². The van der Waals surface area contributed by atoms with E-state index in [1.807, 2.05) is 24.3 Å². The molecule has 120 valence electrons. The maximum Gasteiger partial charge on any atom is 0.231 e. The van der Waals surface area contributed by atoms with Gasteiger partial charge in [0.25, 0.3) is 0 Å². The minimum Gasteiger partial charge on any atom is -0.311 e. The smallest absolute Gasteiger partial charge is 0.231 e. The fraction of sp³-hybridized carbons (Fsp3) is 0.353. The second-order valence-corrected chi connectivity index (χ2v) is 5.75. The molecule has 1 aliphatic heterocycles. The zero-order valence-electron chi connectivity index (χ0n) is 13.3. The lowest BCUT2D eigenvalue weighted by Gasteiger charge is -2.19. The van der Waals surface area contributed by atoms with E-state index in [-0.39, 0.29) is 24.2 Å². The van der Waals surface area contributed by atoms with Gasteiger partial charge < -0.3 is 10.2 Å². The molecule has 0 saturated carbocycles. The first-order valence-electron chi connectivity index (χ1n) is 7.77. The van der Waals surface area contributed by atoms with Gasteiger partial charge in [0.15, 0.2) is 5.82 Å². The number of para-hydroxylation sites is 1. The molecule has 0 aliphatic carbocycles. The summed E-state index contributed by atoms with van der Waals surface area (Å²) in [6, 6.07) is 9.58. The van der Waals surface area contributed by atoms with Crippen LogP contribution in [-0.4, -0.2) is 28.1 Å². The molecule has 1 fully saturated rings. The van der Waals surface area contributed by atoms with Crippen molar-refractivity contribution in [1.29, 1.82) is 0 Å². The minimum atomic E-state index is -0.352. The Labute approximate surface area is 135 Å². The molecular weight excluding hydrogens is 292 g/mol. The molecule has 2 aromatic rings. The molecule has 1 atom stereocenters. The van der Waals surface area contributed by atoms with E-state index >= 15 is 0 Å². The van der Waals surface area contributed by atoms with Gasteiger partial charge in [-0.25, -0.2) is 0 Å². The Morgan fingerprint density at radius 2 is 2.13 bits per heavy atom. The lowest BCUT2D eigenvalue weighted by Crippen LogP contribution is -2.28. The molecule has 6 heteroatoms. The first kappa shape index (κ1) is 15.3. The Balaban J connectivity index is 1.73. The van der Waals surface area contributed by atoms with Crippen LogP contribution in [0.5, 0.6) is 0 Å². The maximum absolute atomic E-state index is 12.4. The van der Waals surface area contributed by atoms with Gasteiger partial charge in [-0.05, 0) is 18.1 Å². The van der Waals surface area contributed by atoms with Crippen LogP contribution in [0.2, 0.25) is 0 Å². The average molecular weight is 312 g/mol. The van der Waals surface area contributed by atoms with Crippen LogP contribution in [0.1, 0.15) is 18.9 Å². The highest BCUT2D eigenvalue weighted by molar-refractivity contribution is 6.03. The third-order valence-corrected chi connectivity index (χ3v) is 4.12. The topological polar surface area (TPSA) is 67.2 Å². The van der Waals surface area contributed by atoms with Crippen molar-refractivity contribution in [3.8, 4) is 0 Å². The molecular formula is C17H20N4O2. The number of carbonyl (C=O) groups excluding carboxylic acids is 2. The molecule has 0 radical (unpaired) electrons. The number of hydrogen-bond acceptors (Lipinski definition) is 3. The summed E-state index contributed by atoms with van der Waals surface area (Å²) in [6.07, 6.45) is 2.85. The predicted molar refractivity (Wildman–Crippen MR) is 88.1 cm³/mol. The molecule has 1 aliphatic rings. The van der Waals surface area contributed by atoms with Crippen LogP contribution >= 0.6 is 0 Å². The Hall–Kier alpha value is -2.63. The van der Waals surface area contributed by atoms with E-state index in [0.29, 0.717) is 12.4 Å². The van der Waals surface area contributed by atoms with Gasteiger partial charge in [-0.1, -0.05) is 25.1 Å². The molecule has 2 heterocycles. The Morgan fingerprint density at radius 3 is 2.83 bits per heavy atom. The van der Waals surface area contributed by atoms with Crippen molar-refractivity contribution in [2.45, 2.75) is 19.8 Å². The van der Waals surface area contributed by atoms with Crippen LogP contribution in [0.3, 0.4) is 0 Å². The fourth-order valence-electron chi connectivity index (χ4n) is 2.90. The summed E-state index contributed by atoms with van der Waals surface area (Å²) >= 11 is 0. The summed E-state index contributed by atoms with van der Waals surface area (Å²) in [5, 5.41) is 6.91. The number of aromatic nitrogens is 2. The van der Waals surface area contributed by atoms with Crippen LogP contribution in [0.4, 0.5) is 11.5 Å². The van der Waals surface area contributed by atoms with E-state index in [1.165, 1.54) is 0 Å². The van der Waals surface area contributed by atoms with Crippen LogP contribution in [0.15, 0.2) is 36.5 Å². The molecule has 0 bridgehead atoms. The van der Waals surface area contributed by atoms with Gasteiger partial charge in [0.2, 0.25) is 11.8 Å². The highest BCUT2D eigenvalue weighted by atomic mass is 16.2. The highest BCUT2D eigenvalue weighted by Crippen LogP contribution is 2.29. The summed E-state index contributed by atoms with van der Waals surface area (Å²) in [6.45, 7) is 2.47. The van der Waals surface area contributed by atoms with Crippen LogP contribution in [0, 0.1) is 5.92 Å². The highest BCUT2D eigenvalue weighted by Gasteiger charge is 2.35. The number of nitrogens with zero attached hydrogens (tertiary/aromatic N) is 3. The van der Waals surface area contributed by atoms with Gasteiger partial charge in [-0.15, -0.1) is 0 Å². The first-order valence-corrected chi connectivity index (χ1v) is 7.77. The van der Waals surface area contributed by atoms with E-state index < -0.39 is 0 Å². The Morgan fingerprint density at radius 1 is 1.35 bits per heavy atom. The monoisotopic (exact) mass is 312 g/mol. The second-order valence-electron chi connectivity index (χ2n) is 5.75. The number of benzene rings is 1. The van der Waals surface area contributed by atoms with Crippen molar-refractivity contribution in [2.75, 3.05) is 16.8 Å². The van der Waals surface area contributed by atoms with E-state index in [0.717, 1.165) is 17.7 Å². The molecule has 2 amide bonds. The summed E-state index contributed by atoms with van der Waals surface area (Å²) < 4.78 is 1.62. The summed E-state index contributed by atoms with van der Waals surface area (Å²) in [4.78, 5) is 26.4. The summed E-state index contributed by atoms with van der Waals surface area (Å²) in [7, 11) is 1.79. The molecule has 23 heavy (non-hydrogen) atoms. The Kier molecular flexibility index (Phi) is 4.14.